The molecule has 0 aromatic heterocycles. The molecule has 37 heavy (non-hydrogen) atoms. The highest BCUT2D eigenvalue weighted by molar-refractivity contribution is 7.92. The van der Waals surface area contributed by atoms with Gasteiger partial charge in [0.1, 0.15) is 12.3 Å². The van der Waals surface area contributed by atoms with Crippen molar-refractivity contribution in [2.24, 2.45) is 0 Å². The molecule has 0 radical (unpaired) electrons. The minimum Gasteiger partial charge on any atom is -0.494 e. The summed E-state index contributed by atoms with van der Waals surface area (Å²) in [5.74, 6) is 0.875. The van der Waals surface area contributed by atoms with E-state index in [0.717, 1.165) is 17.1 Å². The molecule has 9 heteroatoms. The molecular formula is C28H34N2O6S. The number of nitrogens with zero attached hydrogens (tertiary/aromatic N) is 1. The van der Waals surface area contributed by atoms with Gasteiger partial charge in [-0.05, 0) is 68.7 Å². The monoisotopic (exact) mass is 526 g/mol. The fourth-order valence-electron chi connectivity index (χ4n) is 3.85. The number of amides is 1. The van der Waals surface area contributed by atoms with Crippen molar-refractivity contribution < 1.29 is 27.4 Å². The molecule has 0 fully saturated rings. The third-order valence-corrected chi connectivity index (χ3v) is 7.55. The van der Waals surface area contributed by atoms with Crippen LogP contribution < -0.4 is 23.8 Å². The minimum absolute atomic E-state index is 0.0241. The molecule has 0 unspecified atom stereocenters. The zero-order valence-electron chi connectivity index (χ0n) is 21.6. The molecule has 1 N–H and O–H groups in total. The Morgan fingerprint density at radius 1 is 0.946 bits per heavy atom. The number of methoxy groups -OCH3 is 2. The first-order valence-electron chi connectivity index (χ1n) is 12.1. The lowest BCUT2D eigenvalue weighted by Gasteiger charge is -2.25. The molecule has 0 saturated carbocycles. The second-order valence-corrected chi connectivity index (χ2v) is 10.3. The standard InChI is InChI=1S/C28H34N2O6S/c1-5-36-24-15-13-23(14-16-24)30(37(32,33)25-17-18-26(34-3)27(19-25)35-4)20-28(31)29-21(2)11-12-22-9-7-6-8-10-22/h6-10,13-19,21H,5,11-12,20H2,1-4H3,(H,29,31)/t21-/m1/s1. The Bertz CT molecular complexity index is 1260. The van der Waals surface area contributed by atoms with Gasteiger partial charge in [0.15, 0.2) is 11.5 Å². The Kier molecular flexibility index (Phi) is 9.79. The minimum atomic E-state index is -4.13. The van der Waals surface area contributed by atoms with E-state index in [-0.39, 0.29) is 23.2 Å². The van der Waals surface area contributed by atoms with Crippen molar-refractivity contribution in [3.05, 3.63) is 78.4 Å². The summed E-state index contributed by atoms with van der Waals surface area (Å²) in [6.07, 6.45) is 1.52. The summed E-state index contributed by atoms with van der Waals surface area (Å²) in [6, 6.07) is 20.8. The lowest BCUT2D eigenvalue weighted by molar-refractivity contribution is -0.120. The molecule has 0 heterocycles. The van der Waals surface area contributed by atoms with E-state index in [9.17, 15) is 13.2 Å². The molecule has 0 aliphatic rings. The van der Waals surface area contributed by atoms with E-state index in [0.29, 0.717) is 23.8 Å². The summed E-state index contributed by atoms with van der Waals surface area (Å²) >= 11 is 0. The highest BCUT2D eigenvalue weighted by atomic mass is 32.2. The quantitative estimate of drug-likeness (QED) is 0.354. The predicted molar refractivity (Wildman–Crippen MR) is 144 cm³/mol. The Balaban J connectivity index is 1.84. The highest BCUT2D eigenvalue weighted by Crippen LogP contribution is 2.32. The number of rotatable bonds is 13. The first-order valence-corrected chi connectivity index (χ1v) is 13.5. The zero-order chi connectivity index (χ0) is 26.8. The van der Waals surface area contributed by atoms with Crippen molar-refractivity contribution in [2.45, 2.75) is 37.6 Å². The topological polar surface area (TPSA) is 94.2 Å². The summed E-state index contributed by atoms with van der Waals surface area (Å²) in [5.41, 5.74) is 1.51. The van der Waals surface area contributed by atoms with E-state index < -0.39 is 15.9 Å². The number of sulfonamides is 1. The Morgan fingerprint density at radius 2 is 1.62 bits per heavy atom. The van der Waals surface area contributed by atoms with Crippen LogP contribution in [-0.2, 0) is 21.2 Å². The van der Waals surface area contributed by atoms with E-state index in [4.69, 9.17) is 14.2 Å². The van der Waals surface area contributed by atoms with Crippen molar-refractivity contribution in [3.63, 3.8) is 0 Å². The van der Waals surface area contributed by atoms with Crippen molar-refractivity contribution in [1.82, 2.24) is 5.32 Å². The third kappa shape index (κ3) is 7.39. The van der Waals surface area contributed by atoms with Gasteiger partial charge in [-0.15, -0.1) is 0 Å². The molecule has 0 aliphatic carbocycles. The molecule has 1 amide bonds. The maximum Gasteiger partial charge on any atom is 0.264 e. The van der Waals surface area contributed by atoms with Gasteiger partial charge in [-0.25, -0.2) is 8.42 Å². The van der Waals surface area contributed by atoms with Crippen LogP contribution in [0.1, 0.15) is 25.8 Å². The lowest BCUT2D eigenvalue weighted by atomic mass is 10.1. The van der Waals surface area contributed by atoms with Crippen LogP contribution in [0.3, 0.4) is 0 Å². The number of ether oxygens (including phenoxy) is 3. The van der Waals surface area contributed by atoms with Gasteiger partial charge in [0.05, 0.1) is 31.4 Å². The van der Waals surface area contributed by atoms with Gasteiger partial charge in [-0.3, -0.25) is 9.10 Å². The molecule has 1 atom stereocenters. The first kappa shape index (κ1) is 27.9. The molecule has 3 aromatic carbocycles. The van der Waals surface area contributed by atoms with Gasteiger partial charge in [0.2, 0.25) is 5.91 Å². The summed E-state index contributed by atoms with van der Waals surface area (Å²) in [7, 11) is -1.22. The molecule has 3 rings (SSSR count). The maximum absolute atomic E-state index is 13.8. The number of carbonyl (C=O) groups is 1. The fraction of sp³-hybridized carbons (Fsp3) is 0.321. The van der Waals surface area contributed by atoms with Gasteiger partial charge < -0.3 is 19.5 Å². The van der Waals surface area contributed by atoms with Gasteiger partial charge in [-0.2, -0.15) is 0 Å². The molecule has 0 bridgehead atoms. The summed E-state index contributed by atoms with van der Waals surface area (Å²) in [6.45, 7) is 3.87. The Morgan fingerprint density at radius 3 is 2.24 bits per heavy atom. The van der Waals surface area contributed by atoms with Crippen LogP contribution in [0.2, 0.25) is 0 Å². The molecule has 0 aliphatic heterocycles. The summed E-state index contributed by atoms with van der Waals surface area (Å²) < 4.78 is 44.6. The largest absolute Gasteiger partial charge is 0.494 e. The number of hydrogen-bond acceptors (Lipinski definition) is 6. The molecule has 198 valence electrons. The normalized spacial score (nSPS) is 11.9. The Hall–Kier alpha value is -3.72. The van der Waals surface area contributed by atoms with Crippen LogP contribution in [0, 0.1) is 0 Å². The van der Waals surface area contributed by atoms with Gasteiger partial charge in [-0.1, -0.05) is 30.3 Å². The molecular weight excluding hydrogens is 492 g/mol. The first-order chi connectivity index (χ1) is 17.8. The zero-order valence-corrected chi connectivity index (χ0v) is 22.5. The van der Waals surface area contributed by atoms with Crippen LogP contribution in [0.25, 0.3) is 0 Å². The highest BCUT2D eigenvalue weighted by Gasteiger charge is 2.29. The van der Waals surface area contributed by atoms with Crippen LogP contribution in [0.15, 0.2) is 77.7 Å². The SMILES string of the molecule is CCOc1ccc(N(CC(=O)N[C@H](C)CCc2ccccc2)S(=O)(=O)c2ccc(OC)c(OC)c2)cc1. The van der Waals surface area contributed by atoms with Crippen molar-refractivity contribution in [1.29, 1.82) is 0 Å². The third-order valence-electron chi connectivity index (χ3n) is 5.78. The van der Waals surface area contributed by atoms with Crippen LogP contribution >= 0.6 is 0 Å². The maximum atomic E-state index is 13.8. The van der Waals surface area contributed by atoms with E-state index in [1.165, 1.54) is 38.0 Å². The van der Waals surface area contributed by atoms with Crippen molar-refractivity contribution in [3.8, 4) is 17.2 Å². The molecule has 3 aromatic rings. The van der Waals surface area contributed by atoms with E-state index in [1.54, 1.807) is 24.3 Å². The molecule has 8 nitrogen and oxygen atoms in total. The second-order valence-electron chi connectivity index (χ2n) is 8.45. The number of anilines is 1. The van der Waals surface area contributed by atoms with Crippen molar-refractivity contribution >= 4 is 21.6 Å². The number of nitrogens with one attached hydrogen (secondary N) is 1. The van der Waals surface area contributed by atoms with Gasteiger partial charge in [0, 0.05) is 12.1 Å². The number of aryl methyl sites for hydroxylation is 1. The Labute approximate surface area is 219 Å². The number of hydrogen-bond donors (Lipinski definition) is 1. The van der Waals surface area contributed by atoms with E-state index in [2.05, 4.69) is 5.32 Å². The van der Waals surface area contributed by atoms with Crippen LogP contribution in [0.5, 0.6) is 17.2 Å². The predicted octanol–water partition coefficient (Wildman–Crippen LogP) is 4.44. The molecule has 0 saturated heterocycles. The van der Waals surface area contributed by atoms with Gasteiger partial charge >= 0.3 is 0 Å². The van der Waals surface area contributed by atoms with Crippen molar-refractivity contribution in [2.75, 3.05) is 31.7 Å². The average molecular weight is 527 g/mol. The lowest BCUT2D eigenvalue weighted by Crippen LogP contribution is -2.43. The number of benzene rings is 3. The molecule has 0 spiro atoms. The average Bonchev–Trinajstić information content (AvgIpc) is 2.91. The fourth-order valence-corrected chi connectivity index (χ4v) is 5.28. The van der Waals surface area contributed by atoms with Crippen LogP contribution in [0.4, 0.5) is 5.69 Å². The summed E-state index contributed by atoms with van der Waals surface area (Å²) in [4.78, 5) is 13.0. The van der Waals surface area contributed by atoms with Gasteiger partial charge in [0.25, 0.3) is 10.0 Å². The van der Waals surface area contributed by atoms with Crippen LogP contribution in [-0.4, -0.2) is 47.7 Å². The van der Waals surface area contributed by atoms with E-state index >= 15 is 0 Å². The van der Waals surface area contributed by atoms with E-state index in [1.807, 2.05) is 44.2 Å². The second kappa shape index (κ2) is 13.0. The number of carbonyl (C=O) groups excluding carboxylic acids is 1. The smallest absolute Gasteiger partial charge is 0.264 e. The summed E-state index contributed by atoms with van der Waals surface area (Å²) in [5, 5.41) is 2.93.